The number of nitriles is 2. The predicted molar refractivity (Wildman–Crippen MR) is 126 cm³/mol. The summed E-state index contributed by atoms with van der Waals surface area (Å²) in [6, 6.07) is 18.1. The Balaban J connectivity index is 1.62. The highest BCUT2D eigenvalue weighted by Gasteiger charge is 2.19. The van der Waals surface area contributed by atoms with Gasteiger partial charge in [-0.05, 0) is 49.8 Å². The lowest BCUT2D eigenvalue weighted by Gasteiger charge is -2.20. The molecule has 1 N–H and O–H groups in total. The summed E-state index contributed by atoms with van der Waals surface area (Å²) in [5.74, 6) is 0. The summed E-state index contributed by atoms with van der Waals surface area (Å²) in [6.45, 7) is 4.88. The van der Waals surface area contributed by atoms with E-state index in [1.807, 2.05) is 41.8 Å². The Morgan fingerprint density at radius 2 is 1.78 bits per heavy atom. The topological polar surface area (TPSA) is 80.1 Å². The minimum Gasteiger partial charge on any atom is -0.315 e. The van der Waals surface area contributed by atoms with Crippen LogP contribution in [0.3, 0.4) is 0 Å². The molecule has 4 aromatic rings. The van der Waals surface area contributed by atoms with E-state index < -0.39 is 0 Å². The van der Waals surface area contributed by atoms with Crippen molar-refractivity contribution in [2.45, 2.75) is 13.0 Å². The Bertz CT molecular complexity index is 1330. The fourth-order valence-corrected chi connectivity index (χ4v) is 4.97. The molecular weight excluding hydrogens is 416 g/mol. The fourth-order valence-electron chi connectivity index (χ4n) is 4.14. The maximum absolute atomic E-state index is 9.20. The van der Waals surface area contributed by atoms with Crippen LogP contribution >= 0.6 is 11.3 Å². The molecular formula is C25H22N6S. The smallest absolute Gasteiger partial charge is 0.137 e. The van der Waals surface area contributed by atoms with Crippen LogP contribution in [0.2, 0.25) is 0 Å². The average molecular weight is 439 g/mol. The first-order valence-electron chi connectivity index (χ1n) is 10.7. The molecule has 4 heterocycles. The molecule has 5 rings (SSSR count). The first-order chi connectivity index (χ1) is 15.7. The summed E-state index contributed by atoms with van der Waals surface area (Å²) in [5, 5.41) is 23.7. The highest BCUT2D eigenvalue weighted by molar-refractivity contribution is 7.13. The van der Waals surface area contributed by atoms with Crippen LogP contribution in [0.4, 0.5) is 0 Å². The number of hydrogen-bond donors (Lipinski definition) is 1. The Labute approximate surface area is 191 Å². The van der Waals surface area contributed by atoms with Crippen LogP contribution in [-0.2, 0) is 6.54 Å². The molecule has 0 radical (unpaired) electrons. The highest BCUT2D eigenvalue weighted by atomic mass is 32.1. The van der Waals surface area contributed by atoms with Crippen LogP contribution in [0, 0.1) is 22.7 Å². The molecule has 0 bridgehead atoms. The van der Waals surface area contributed by atoms with Gasteiger partial charge in [0.05, 0.1) is 28.6 Å². The Hall–Kier alpha value is -3.49. The molecule has 0 unspecified atom stereocenters. The molecule has 1 fully saturated rings. The number of rotatable bonds is 4. The number of imidazole rings is 1. The van der Waals surface area contributed by atoms with E-state index in [0.717, 1.165) is 72.2 Å². The Morgan fingerprint density at radius 1 is 0.969 bits per heavy atom. The molecule has 0 atom stereocenters. The van der Waals surface area contributed by atoms with E-state index in [9.17, 15) is 5.26 Å². The van der Waals surface area contributed by atoms with Crippen LogP contribution < -0.4 is 5.32 Å². The van der Waals surface area contributed by atoms with Crippen LogP contribution in [0.1, 0.15) is 23.2 Å². The molecule has 0 spiro atoms. The van der Waals surface area contributed by atoms with Gasteiger partial charge in [-0.3, -0.25) is 4.90 Å². The van der Waals surface area contributed by atoms with E-state index in [4.69, 9.17) is 10.2 Å². The Morgan fingerprint density at radius 3 is 2.56 bits per heavy atom. The second kappa shape index (κ2) is 8.94. The van der Waals surface area contributed by atoms with Gasteiger partial charge in [0.15, 0.2) is 0 Å². The lowest BCUT2D eigenvalue weighted by molar-refractivity contribution is 0.281. The van der Waals surface area contributed by atoms with Crippen molar-refractivity contribution in [1.29, 1.82) is 10.5 Å². The zero-order valence-corrected chi connectivity index (χ0v) is 18.4. The zero-order chi connectivity index (χ0) is 21.9. The van der Waals surface area contributed by atoms with Crippen molar-refractivity contribution in [3.05, 3.63) is 70.9 Å². The van der Waals surface area contributed by atoms with Crippen LogP contribution in [0.25, 0.3) is 27.3 Å². The van der Waals surface area contributed by atoms with E-state index in [0.29, 0.717) is 11.1 Å². The summed E-state index contributed by atoms with van der Waals surface area (Å²) in [4.78, 5) is 8.52. The number of fused-ring (bicyclic) bond motifs is 1. The molecule has 158 valence electrons. The van der Waals surface area contributed by atoms with E-state index in [-0.39, 0.29) is 0 Å². The van der Waals surface area contributed by atoms with Crippen molar-refractivity contribution >= 4 is 17.0 Å². The lowest BCUT2D eigenvalue weighted by atomic mass is 10.1. The molecule has 0 saturated carbocycles. The predicted octanol–water partition coefficient (Wildman–Crippen LogP) is 4.27. The standard InChI is InChI=1S/C25H22N6S/c26-13-18-2-4-20(5-3-18)25-22(16-30-10-1-8-28-9-11-30)31-15-21(6-7-24(31)29-25)23-12-19(14-27)17-32-23/h2-7,12,15,17,28H,1,8-11,16H2. The van der Waals surface area contributed by atoms with Crippen molar-refractivity contribution in [2.24, 2.45) is 0 Å². The fraction of sp³-hybridized carbons (Fsp3) is 0.240. The van der Waals surface area contributed by atoms with E-state index in [1.54, 1.807) is 11.3 Å². The quantitative estimate of drug-likeness (QED) is 0.515. The maximum Gasteiger partial charge on any atom is 0.137 e. The first kappa shape index (κ1) is 20.4. The second-order valence-corrected chi connectivity index (χ2v) is 8.84. The van der Waals surface area contributed by atoms with Gasteiger partial charge in [0.25, 0.3) is 0 Å². The molecule has 7 heteroatoms. The highest BCUT2D eigenvalue weighted by Crippen LogP contribution is 2.31. The lowest BCUT2D eigenvalue weighted by Crippen LogP contribution is -2.28. The van der Waals surface area contributed by atoms with Gasteiger partial charge in [-0.2, -0.15) is 10.5 Å². The van der Waals surface area contributed by atoms with Crippen LogP contribution in [0.15, 0.2) is 54.0 Å². The third-order valence-corrected chi connectivity index (χ3v) is 6.80. The maximum atomic E-state index is 9.20. The van der Waals surface area contributed by atoms with Gasteiger partial charge in [0, 0.05) is 47.2 Å². The van der Waals surface area contributed by atoms with E-state index >= 15 is 0 Å². The number of aromatic nitrogens is 2. The number of nitrogens with zero attached hydrogens (tertiary/aromatic N) is 5. The van der Waals surface area contributed by atoms with Gasteiger partial charge in [-0.1, -0.05) is 12.1 Å². The van der Waals surface area contributed by atoms with Gasteiger partial charge in [0.1, 0.15) is 11.7 Å². The zero-order valence-electron chi connectivity index (χ0n) is 17.6. The normalized spacial score (nSPS) is 14.7. The molecule has 1 aliphatic heterocycles. The van der Waals surface area contributed by atoms with E-state index in [2.05, 4.69) is 39.0 Å². The summed E-state index contributed by atoms with van der Waals surface area (Å²) in [7, 11) is 0. The number of nitrogens with one attached hydrogen (secondary N) is 1. The average Bonchev–Trinajstić information content (AvgIpc) is 3.36. The largest absolute Gasteiger partial charge is 0.315 e. The molecule has 1 aliphatic rings. The van der Waals surface area contributed by atoms with Gasteiger partial charge >= 0.3 is 0 Å². The number of thiophene rings is 1. The van der Waals surface area contributed by atoms with Crippen LogP contribution in [-0.4, -0.2) is 40.5 Å². The third kappa shape index (κ3) is 4.02. The summed E-state index contributed by atoms with van der Waals surface area (Å²) < 4.78 is 2.19. The number of pyridine rings is 1. The van der Waals surface area contributed by atoms with Gasteiger partial charge in [0.2, 0.25) is 0 Å². The number of benzene rings is 1. The minimum atomic E-state index is 0.644. The third-order valence-electron chi connectivity index (χ3n) is 5.82. The summed E-state index contributed by atoms with van der Waals surface area (Å²) >= 11 is 1.58. The van der Waals surface area contributed by atoms with Gasteiger partial charge < -0.3 is 9.72 Å². The van der Waals surface area contributed by atoms with Crippen molar-refractivity contribution in [3.8, 4) is 33.8 Å². The molecule has 32 heavy (non-hydrogen) atoms. The monoisotopic (exact) mass is 438 g/mol. The minimum absolute atomic E-state index is 0.644. The van der Waals surface area contributed by atoms with Gasteiger partial charge in [-0.15, -0.1) is 11.3 Å². The van der Waals surface area contributed by atoms with Crippen LogP contribution in [0.5, 0.6) is 0 Å². The van der Waals surface area contributed by atoms with Crippen molar-refractivity contribution in [3.63, 3.8) is 0 Å². The number of hydrogen-bond acceptors (Lipinski definition) is 6. The second-order valence-electron chi connectivity index (χ2n) is 7.93. The molecule has 1 aromatic carbocycles. The molecule has 3 aromatic heterocycles. The first-order valence-corrected chi connectivity index (χ1v) is 11.6. The van der Waals surface area contributed by atoms with Crippen molar-refractivity contribution < 1.29 is 0 Å². The molecule has 1 saturated heterocycles. The molecule has 0 aliphatic carbocycles. The SMILES string of the molecule is N#Cc1ccc(-c2nc3ccc(-c4cc(C#N)cs4)cn3c2CN2CCCNCC2)cc1. The molecule has 0 amide bonds. The Kier molecular flexibility index (Phi) is 5.70. The van der Waals surface area contributed by atoms with Crippen molar-refractivity contribution in [1.82, 2.24) is 19.6 Å². The molecule has 6 nitrogen and oxygen atoms in total. The summed E-state index contributed by atoms with van der Waals surface area (Å²) in [6.07, 6.45) is 3.26. The van der Waals surface area contributed by atoms with Gasteiger partial charge in [-0.25, -0.2) is 4.98 Å². The van der Waals surface area contributed by atoms with E-state index in [1.165, 1.54) is 0 Å². The van der Waals surface area contributed by atoms with Crippen molar-refractivity contribution in [2.75, 3.05) is 26.2 Å². The summed E-state index contributed by atoms with van der Waals surface area (Å²) in [5.41, 5.74) is 6.41.